The summed E-state index contributed by atoms with van der Waals surface area (Å²) in [5.41, 5.74) is 11.1. The van der Waals surface area contributed by atoms with Gasteiger partial charge in [0.15, 0.2) is 0 Å². The van der Waals surface area contributed by atoms with Crippen LogP contribution in [0.1, 0.15) is 32.7 Å². The van der Waals surface area contributed by atoms with E-state index in [9.17, 15) is 0 Å². The van der Waals surface area contributed by atoms with Gasteiger partial charge >= 0.3 is 0 Å². The summed E-state index contributed by atoms with van der Waals surface area (Å²) in [6.45, 7) is 4.40. The highest BCUT2D eigenvalue weighted by molar-refractivity contribution is 7.20. The molecule has 0 saturated carbocycles. The van der Waals surface area contributed by atoms with Crippen LogP contribution in [0.15, 0.2) is 96.0 Å². The lowest BCUT2D eigenvalue weighted by molar-refractivity contribution is 0.901. The van der Waals surface area contributed by atoms with Crippen molar-refractivity contribution in [3.05, 3.63) is 124 Å². The molecule has 2 heterocycles. The van der Waals surface area contributed by atoms with Gasteiger partial charge in [0.1, 0.15) is 5.41 Å². The molecule has 0 saturated heterocycles. The van der Waals surface area contributed by atoms with Crippen molar-refractivity contribution in [2.45, 2.75) is 19.3 Å². The van der Waals surface area contributed by atoms with Gasteiger partial charge in [-0.3, -0.25) is 4.99 Å². The number of nitrogens with zero attached hydrogens (tertiary/aromatic N) is 1. The van der Waals surface area contributed by atoms with Crippen LogP contribution in [0.25, 0.3) is 21.2 Å². The maximum absolute atomic E-state index is 5.41. The van der Waals surface area contributed by atoms with E-state index in [1.807, 2.05) is 11.3 Å². The molecular formula is C30H21NS. The van der Waals surface area contributed by atoms with E-state index in [1.54, 1.807) is 0 Å². The first-order valence-corrected chi connectivity index (χ1v) is 11.9. The molecule has 7 rings (SSSR count). The van der Waals surface area contributed by atoms with Crippen LogP contribution in [-0.4, -0.2) is 5.71 Å². The number of thiophene rings is 1. The number of rotatable bonds is 1. The summed E-state index contributed by atoms with van der Waals surface area (Å²) in [7, 11) is 0. The average Bonchev–Trinajstić information content (AvgIpc) is 3.47. The van der Waals surface area contributed by atoms with Crippen molar-refractivity contribution in [2.75, 3.05) is 0 Å². The van der Waals surface area contributed by atoms with E-state index < -0.39 is 0 Å². The molecule has 0 fully saturated rings. The van der Waals surface area contributed by atoms with Gasteiger partial charge in [-0.25, -0.2) is 0 Å². The molecule has 2 aliphatic rings. The Balaban J connectivity index is 1.70. The van der Waals surface area contributed by atoms with Crippen LogP contribution in [0.2, 0.25) is 0 Å². The highest BCUT2D eigenvalue weighted by atomic mass is 32.1. The minimum Gasteiger partial charge on any atom is -0.250 e. The standard InChI is InChI=1S/C30H21NS/c1-18-16-17-24-27(19(18)2)31-28(20-10-4-3-5-11-20)30(24)23-14-8-6-12-21(23)26-22-13-7-9-15-25(22)32-29(26)30/h3-17H,1-2H3. The van der Waals surface area contributed by atoms with Crippen LogP contribution in [0.5, 0.6) is 0 Å². The molecule has 0 bridgehead atoms. The molecule has 1 unspecified atom stereocenters. The Labute approximate surface area is 191 Å². The topological polar surface area (TPSA) is 12.4 Å². The Morgan fingerprint density at radius 1 is 0.719 bits per heavy atom. The van der Waals surface area contributed by atoms with Crippen molar-refractivity contribution in [3.8, 4) is 11.1 Å². The Bertz CT molecular complexity index is 1590. The van der Waals surface area contributed by atoms with E-state index in [2.05, 4.69) is 105 Å². The molecule has 4 aromatic carbocycles. The fourth-order valence-electron chi connectivity index (χ4n) is 5.68. The van der Waals surface area contributed by atoms with Crippen molar-refractivity contribution in [1.82, 2.24) is 0 Å². The second-order valence-corrected chi connectivity index (χ2v) is 9.88. The van der Waals surface area contributed by atoms with Gasteiger partial charge in [-0.1, -0.05) is 84.9 Å². The predicted molar refractivity (Wildman–Crippen MR) is 136 cm³/mol. The van der Waals surface area contributed by atoms with Gasteiger partial charge in [0, 0.05) is 20.5 Å². The summed E-state index contributed by atoms with van der Waals surface area (Å²) in [5, 5.41) is 1.35. The molecule has 0 N–H and O–H groups in total. The highest BCUT2D eigenvalue weighted by Crippen LogP contribution is 2.63. The van der Waals surface area contributed by atoms with E-state index in [4.69, 9.17) is 4.99 Å². The maximum Gasteiger partial charge on any atom is 0.101 e. The fourth-order valence-corrected chi connectivity index (χ4v) is 7.12. The minimum absolute atomic E-state index is 0.370. The molecule has 1 aliphatic heterocycles. The second kappa shape index (κ2) is 6.27. The Morgan fingerprint density at radius 3 is 2.34 bits per heavy atom. The van der Waals surface area contributed by atoms with E-state index >= 15 is 0 Å². The smallest absolute Gasteiger partial charge is 0.101 e. The third-order valence-corrected chi connectivity index (χ3v) is 8.56. The van der Waals surface area contributed by atoms with Gasteiger partial charge < -0.3 is 0 Å². The Hall–Kier alpha value is -3.49. The molecule has 1 aromatic heterocycles. The third kappa shape index (κ3) is 2.06. The Morgan fingerprint density at radius 2 is 1.47 bits per heavy atom. The average molecular weight is 428 g/mol. The maximum atomic E-state index is 5.41. The van der Waals surface area contributed by atoms with Crippen molar-refractivity contribution in [1.29, 1.82) is 0 Å². The third-order valence-electron chi connectivity index (χ3n) is 7.27. The molecule has 1 spiro atoms. The molecule has 0 amide bonds. The Kier molecular flexibility index (Phi) is 3.55. The lowest BCUT2D eigenvalue weighted by atomic mass is 9.71. The molecule has 2 heteroatoms. The summed E-state index contributed by atoms with van der Waals surface area (Å²) in [6, 6.07) is 33.2. The van der Waals surface area contributed by atoms with Gasteiger partial charge in [-0.15, -0.1) is 11.3 Å². The first kappa shape index (κ1) is 18.1. The molecule has 1 atom stereocenters. The van der Waals surface area contributed by atoms with E-state index in [-0.39, 0.29) is 5.41 Å². The van der Waals surface area contributed by atoms with Crippen LogP contribution in [-0.2, 0) is 5.41 Å². The van der Waals surface area contributed by atoms with E-state index in [0.717, 1.165) is 11.4 Å². The molecular weight excluding hydrogens is 406 g/mol. The summed E-state index contributed by atoms with van der Waals surface area (Å²) >= 11 is 1.93. The highest BCUT2D eigenvalue weighted by Gasteiger charge is 2.54. The summed E-state index contributed by atoms with van der Waals surface area (Å²) < 4.78 is 1.34. The minimum atomic E-state index is -0.370. The van der Waals surface area contributed by atoms with Crippen LogP contribution in [0.3, 0.4) is 0 Å². The van der Waals surface area contributed by atoms with Crippen molar-refractivity contribution < 1.29 is 0 Å². The van der Waals surface area contributed by atoms with Gasteiger partial charge in [-0.05, 0) is 53.3 Å². The fraction of sp³-hybridized carbons (Fsp3) is 0.100. The predicted octanol–water partition coefficient (Wildman–Crippen LogP) is 7.97. The molecule has 1 aliphatic carbocycles. The molecule has 0 radical (unpaired) electrons. The van der Waals surface area contributed by atoms with Crippen LogP contribution < -0.4 is 0 Å². The van der Waals surface area contributed by atoms with Crippen molar-refractivity contribution in [3.63, 3.8) is 0 Å². The van der Waals surface area contributed by atoms with E-state index in [0.29, 0.717) is 0 Å². The number of hydrogen-bond acceptors (Lipinski definition) is 2. The van der Waals surface area contributed by atoms with E-state index in [1.165, 1.54) is 53.9 Å². The number of aliphatic imine (C=N–C) groups is 1. The van der Waals surface area contributed by atoms with Gasteiger partial charge in [0.25, 0.3) is 0 Å². The second-order valence-electron chi connectivity index (χ2n) is 8.83. The lowest BCUT2D eigenvalue weighted by Crippen LogP contribution is -2.34. The SMILES string of the molecule is Cc1ccc2c(c1C)N=C(c1ccccc1)C21c2ccccc2-c2c1sc1ccccc21. The number of aryl methyl sites for hydroxylation is 1. The normalized spacial score (nSPS) is 18.0. The zero-order valence-corrected chi connectivity index (χ0v) is 18.8. The van der Waals surface area contributed by atoms with Crippen molar-refractivity contribution in [2.24, 2.45) is 4.99 Å². The zero-order valence-electron chi connectivity index (χ0n) is 18.0. The first-order chi connectivity index (χ1) is 15.7. The lowest BCUT2D eigenvalue weighted by Gasteiger charge is -2.30. The van der Waals surface area contributed by atoms with Crippen LogP contribution in [0.4, 0.5) is 5.69 Å². The van der Waals surface area contributed by atoms with Crippen LogP contribution >= 0.6 is 11.3 Å². The molecule has 5 aromatic rings. The number of benzene rings is 4. The quantitative estimate of drug-likeness (QED) is 0.257. The molecule has 1 nitrogen and oxygen atoms in total. The summed E-state index contributed by atoms with van der Waals surface area (Å²) in [6.07, 6.45) is 0. The van der Waals surface area contributed by atoms with Crippen LogP contribution in [0, 0.1) is 13.8 Å². The molecule has 152 valence electrons. The van der Waals surface area contributed by atoms with Crippen molar-refractivity contribution >= 4 is 32.8 Å². The van der Waals surface area contributed by atoms with Gasteiger partial charge in [-0.2, -0.15) is 0 Å². The van der Waals surface area contributed by atoms with Gasteiger partial charge in [0.2, 0.25) is 0 Å². The first-order valence-electron chi connectivity index (χ1n) is 11.1. The van der Waals surface area contributed by atoms with Gasteiger partial charge in [0.05, 0.1) is 11.4 Å². The number of fused-ring (bicyclic) bond motifs is 9. The summed E-state index contributed by atoms with van der Waals surface area (Å²) in [5.74, 6) is 0. The monoisotopic (exact) mass is 427 g/mol. The molecule has 32 heavy (non-hydrogen) atoms. The largest absolute Gasteiger partial charge is 0.250 e. The number of hydrogen-bond donors (Lipinski definition) is 0. The zero-order chi connectivity index (χ0) is 21.4. The summed E-state index contributed by atoms with van der Waals surface area (Å²) in [4.78, 5) is 6.82.